The number of hydrogen-bond acceptors (Lipinski definition) is 4. The van der Waals surface area contributed by atoms with Crippen molar-refractivity contribution in [1.29, 1.82) is 0 Å². The molecule has 0 aliphatic carbocycles. The Balaban J connectivity index is 0.00000225. The first-order valence-electron chi connectivity index (χ1n) is 4.80. The van der Waals surface area contributed by atoms with Crippen molar-refractivity contribution in [2.45, 2.75) is 12.7 Å². The van der Waals surface area contributed by atoms with Gasteiger partial charge in [-0.25, -0.2) is 0 Å². The lowest BCUT2D eigenvalue weighted by atomic mass is 10.2. The molecule has 90 valence electrons. The summed E-state index contributed by atoms with van der Waals surface area (Å²) in [6, 6.07) is 7.67. The van der Waals surface area contributed by atoms with Crippen LogP contribution in [-0.2, 0) is 15.3 Å². The standard InChI is InChI=1S/C11H15NO2S.ClH/c1-2-14-11(13)8-15-7-9-4-3-5-10(12)6-9;/h3-6H,2,7-8,12H2,1H3;1H. The minimum Gasteiger partial charge on any atom is -0.465 e. The van der Waals surface area contributed by atoms with Crippen molar-refractivity contribution in [3.8, 4) is 0 Å². The quantitative estimate of drug-likeness (QED) is 0.654. The first kappa shape index (κ1) is 15.1. The van der Waals surface area contributed by atoms with Gasteiger partial charge in [0.05, 0.1) is 12.4 Å². The summed E-state index contributed by atoms with van der Waals surface area (Å²) in [6.07, 6.45) is 0. The number of esters is 1. The molecule has 0 aliphatic heterocycles. The summed E-state index contributed by atoms with van der Waals surface area (Å²) in [5, 5.41) is 0. The van der Waals surface area contributed by atoms with Gasteiger partial charge in [-0.05, 0) is 24.6 Å². The highest BCUT2D eigenvalue weighted by Gasteiger charge is 2.01. The summed E-state index contributed by atoms with van der Waals surface area (Å²) in [5.74, 6) is 1.01. The molecule has 0 spiro atoms. The van der Waals surface area contributed by atoms with Crippen LogP contribution in [0.1, 0.15) is 12.5 Å². The fraction of sp³-hybridized carbons (Fsp3) is 0.364. The molecule has 0 fully saturated rings. The van der Waals surface area contributed by atoms with E-state index in [1.165, 1.54) is 11.8 Å². The zero-order valence-corrected chi connectivity index (χ0v) is 10.8. The number of anilines is 1. The van der Waals surface area contributed by atoms with Crippen molar-refractivity contribution in [3.63, 3.8) is 0 Å². The van der Waals surface area contributed by atoms with Gasteiger partial charge in [-0.2, -0.15) is 0 Å². The molecule has 0 heterocycles. The second-order valence-electron chi connectivity index (χ2n) is 3.04. The fourth-order valence-electron chi connectivity index (χ4n) is 1.14. The molecule has 0 aliphatic rings. The summed E-state index contributed by atoms with van der Waals surface area (Å²) >= 11 is 1.53. The van der Waals surface area contributed by atoms with E-state index in [2.05, 4.69) is 0 Å². The minimum atomic E-state index is -0.161. The van der Waals surface area contributed by atoms with Crippen molar-refractivity contribution in [1.82, 2.24) is 0 Å². The fourth-order valence-corrected chi connectivity index (χ4v) is 1.91. The molecule has 0 bridgehead atoms. The number of benzene rings is 1. The molecule has 16 heavy (non-hydrogen) atoms. The van der Waals surface area contributed by atoms with E-state index < -0.39 is 0 Å². The zero-order chi connectivity index (χ0) is 11.1. The Morgan fingerprint density at radius 3 is 2.88 bits per heavy atom. The SMILES string of the molecule is CCOC(=O)CSCc1cccc(N)c1.Cl. The molecule has 3 nitrogen and oxygen atoms in total. The van der Waals surface area contributed by atoms with E-state index in [1.807, 2.05) is 24.3 Å². The van der Waals surface area contributed by atoms with Gasteiger partial charge >= 0.3 is 5.97 Å². The van der Waals surface area contributed by atoms with Crippen LogP contribution in [0, 0.1) is 0 Å². The van der Waals surface area contributed by atoms with E-state index in [1.54, 1.807) is 6.92 Å². The predicted octanol–water partition coefficient (Wildman–Crippen LogP) is 2.49. The number of rotatable bonds is 5. The van der Waals surface area contributed by atoms with E-state index in [0.717, 1.165) is 17.0 Å². The van der Waals surface area contributed by atoms with Gasteiger partial charge in [0.15, 0.2) is 0 Å². The Morgan fingerprint density at radius 2 is 2.25 bits per heavy atom. The van der Waals surface area contributed by atoms with Crippen molar-refractivity contribution in [2.75, 3.05) is 18.1 Å². The molecule has 2 N–H and O–H groups in total. The minimum absolute atomic E-state index is 0. The van der Waals surface area contributed by atoms with Crippen LogP contribution < -0.4 is 5.73 Å². The van der Waals surface area contributed by atoms with E-state index in [0.29, 0.717) is 12.4 Å². The van der Waals surface area contributed by atoms with Crippen LogP contribution >= 0.6 is 24.2 Å². The predicted molar refractivity (Wildman–Crippen MR) is 70.9 cm³/mol. The van der Waals surface area contributed by atoms with Gasteiger partial charge in [-0.3, -0.25) is 4.79 Å². The maximum atomic E-state index is 11.0. The van der Waals surface area contributed by atoms with Crippen molar-refractivity contribution in [3.05, 3.63) is 29.8 Å². The summed E-state index contributed by atoms with van der Waals surface area (Å²) < 4.78 is 4.82. The molecule has 5 heteroatoms. The first-order valence-corrected chi connectivity index (χ1v) is 5.95. The van der Waals surface area contributed by atoms with Crippen LogP contribution in [0.4, 0.5) is 5.69 Å². The topological polar surface area (TPSA) is 52.3 Å². The number of thioether (sulfide) groups is 1. The normalized spacial score (nSPS) is 9.31. The monoisotopic (exact) mass is 261 g/mol. The zero-order valence-electron chi connectivity index (χ0n) is 9.14. The number of nitrogens with two attached hydrogens (primary N) is 1. The highest BCUT2D eigenvalue weighted by atomic mass is 35.5. The van der Waals surface area contributed by atoms with E-state index in [-0.39, 0.29) is 18.4 Å². The average Bonchev–Trinajstić information content (AvgIpc) is 2.18. The lowest BCUT2D eigenvalue weighted by Crippen LogP contribution is -2.06. The van der Waals surface area contributed by atoms with Crippen LogP contribution in [0.3, 0.4) is 0 Å². The number of carbonyl (C=O) groups excluding carboxylic acids is 1. The van der Waals surface area contributed by atoms with E-state index >= 15 is 0 Å². The first-order chi connectivity index (χ1) is 7.22. The van der Waals surface area contributed by atoms with Crippen LogP contribution in [0.15, 0.2) is 24.3 Å². The second kappa shape index (κ2) is 8.30. The maximum absolute atomic E-state index is 11.0. The molecule has 1 rings (SSSR count). The molecular formula is C11H16ClNO2S. The van der Waals surface area contributed by atoms with Crippen molar-refractivity contribution < 1.29 is 9.53 Å². The Labute approximate surface area is 106 Å². The molecule has 0 atom stereocenters. The lowest BCUT2D eigenvalue weighted by molar-refractivity contribution is -0.139. The Bertz CT molecular complexity index is 334. The maximum Gasteiger partial charge on any atom is 0.315 e. The highest BCUT2D eigenvalue weighted by molar-refractivity contribution is 7.99. The summed E-state index contributed by atoms with van der Waals surface area (Å²) in [6.45, 7) is 2.25. The highest BCUT2D eigenvalue weighted by Crippen LogP contribution is 2.14. The number of nitrogen functional groups attached to an aromatic ring is 1. The van der Waals surface area contributed by atoms with Gasteiger partial charge in [0.25, 0.3) is 0 Å². The third-order valence-corrected chi connectivity index (χ3v) is 2.72. The van der Waals surface area contributed by atoms with Crippen molar-refractivity contribution >= 4 is 35.8 Å². The second-order valence-corrected chi connectivity index (χ2v) is 4.03. The third kappa shape index (κ3) is 5.88. The molecule has 0 saturated heterocycles. The van der Waals surface area contributed by atoms with Crippen LogP contribution in [0.25, 0.3) is 0 Å². The Morgan fingerprint density at radius 1 is 1.50 bits per heavy atom. The molecule has 0 saturated carbocycles. The van der Waals surface area contributed by atoms with Crippen LogP contribution in [0.2, 0.25) is 0 Å². The molecule has 1 aromatic rings. The molecule has 1 aromatic carbocycles. The Hall–Kier alpha value is -0.870. The van der Waals surface area contributed by atoms with Gasteiger partial charge in [0.1, 0.15) is 0 Å². The molecular weight excluding hydrogens is 246 g/mol. The molecule has 0 amide bonds. The molecule has 0 aromatic heterocycles. The van der Waals surface area contributed by atoms with Gasteiger partial charge in [0, 0.05) is 11.4 Å². The molecule has 0 unspecified atom stereocenters. The molecule has 0 radical (unpaired) electrons. The largest absolute Gasteiger partial charge is 0.465 e. The summed E-state index contributed by atoms with van der Waals surface area (Å²) in [5.41, 5.74) is 7.52. The van der Waals surface area contributed by atoms with Crippen molar-refractivity contribution in [2.24, 2.45) is 0 Å². The van der Waals surface area contributed by atoms with Gasteiger partial charge in [-0.15, -0.1) is 24.2 Å². The lowest BCUT2D eigenvalue weighted by Gasteiger charge is -2.03. The third-order valence-electron chi connectivity index (χ3n) is 1.75. The van der Waals surface area contributed by atoms with Crippen LogP contribution in [0.5, 0.6) is 0 Å². The van der Waals surface area contributed by atoms with Crippen LogP contribution in [-0.4, -0.2) is 18.3 Å². The summed E-state index contributed by atoms with van der Waals surface area (Å²) in [4.78, 5) is 11.0. The van der Waals surface area contributed by atoms with E-state index in [4.69, 9.17) is 10.5 Å². The number of ether oxygens (including phenoxy) is 1. The van der Waals surface area contributed by atoms with E-state index in [9.17, 15) is 4.79 Å². The van der Waals surface area contributed by atoms with Gasteiger partial charge in [0.2, 0.25) is 0 Å². The summed E-state index contributed by atoms with van der Waals surface area (Å²) in [7, 11) is 0. The average molecular weight is 262 g/mol. The van der Waals surface area contributed by atoms with Gasteiger partial charge < -0.3 is 10.5 Å². The van der Waals surface area contributed by atoms with Gasteiger partial charge in [-0.1, -0.05) is 12.1 Å². The smallest absolute Gasteiger partial charge is 0.315 e. The number of halogens is 1. The number of carbonyl (C=O) groups is 1. The number of hydrogen-bond donors (Lipinski definition) is 1. The Kier molecular flexibility index (Phi) is 7.85.